The number of aromatic amines is 1. The van der Waals surface area contributed by atoms with Crippen LogP contribution in [0, 0.1) is 18.8 Å². The van der Waals surface area contributed by atoms with Gasteiger partial charge in [0.05, 0.1) is 17.3 Å². The Hall–Kier alpha value is -2.62. The molecule has 4 heteroatoms. The number of aromatic nitrogens is 1. The second-order valence-corrected chi connectivity index (χ2v) is 8.05. The van der Waals surface area contributed by atoms with Crippen LogP contribution in [0.5, 0.6) is 0 Å². The van der Waals surface area contributed by atoms with E-state index in [-0.39, 0.29) is 23.4 Å². The molecule has 1 atom stereocenters. The number of allylic oxidation sites excluding steroid dienone is 3. The number of aryl methyl sites for hydroxylation is 1. The number of aliphatic hydroxyl groups excluding tert-OH is 1. The highest BCUT2D eigenvalue weighted by Crippen LogP contribution is 2.34. The number of benzene rings is 1. The van der Waals surface area contributed by atoms with E-state index in [1.54, 1.807) is 6.08 Å². The first kappa shape index (κ1) is 17.8. The van der Waals surface area contributed by atoms with Gasteiger partial charge in [0, 0.05) is 29.4 Å². The highest BCUT2D eigenvalue weighted by atomic mass is 16.3. The summed E-state index contributed by atoms with van der Waals surface area (Å²) in [6.45, 7) is 8.66. The largest absolute Gasteiger partial charge is 0.508 e. The van der Waals surface area contributed by atoms with Crippen molar-refractivity contribution in [3.8, 4) is 0 Å². The first-order valence-electron chi connectivity index (χ1n) is 9.67. The summed E-state index contributed by atoms with van der Waals surface area (Å²) in [5.41, 5.74) is 7.09. The predicted octanol–water partition coefficient (Wildman–Crippen LogP) is 4.82. The average molecular weight is 362 g/mol. The molecule has 1 unspecified atom stereocenters. The number of carbonyl (C=O) groups is 1. The Bertz CT molecular complexity index is 1030. The van der Waals surface area contributed by atoms with Gasteiger partial charge < -0.3 is 10.1 Å². The van der Waals surface area contributed by atoms with E-state index in [0.717, 1.165) is 35.5 Å². The number of H-pyrrole nitrogens is 1. The van der Waals surface area contributed by atoms with Crippen molar-refractivity contribution in [2.24, 2.45) is 16.8 Å². The van der Waals surface area contributed by atoms with Gasteiger partial charge in [-0.05, 0) is 55.0 Å². The maximum absolute atomic E-state index is 13.0. The van der Waals surface area contributed by atoms with Crippen molar-refractivity contribution in [1.82, 2.24) is 4.98 Å². The van der Waals surface area contributed by atoms with Gasteiger partial charge in [0.1, 0.15) is 5.76 Å². The van der Waals surface area contributed by atoms with Gasteiger partial charge in [0.2, 0.25) is 0 Å². The summed E-state index contributed by atoms with van der Waals surface area (Å²) >= 11 is 0. The highest BCUT2D eigenvalue weighted by molar-refractivity contribution is 6.10. The van der Waals surface area contributed by atoms with E-state index in [4.69, 9.17) is 4.99 Å². The van der Waals surface area contributed by atoms with Gasteiger partial charge in [-0.25, -0.2) is 0 Å². The van der Waals surface area contributed by atoms with E-state index in [1.165, 1.54) is 16.5 Å². The molecule has 4 nitrogen and oxygen atoms in total. The minimum atomic E-state index is -0.342. The number of aliphatic hydroxyl groups is 1. The van der Waals surface area contributed by atoms with Crippen LogP contribution in [0.25, 0.3) is 10.9 Å². The van der Waals surface area contributed by atoms with Gasteiger partial charge in [-0.1, -0.05) is 26.0 Å². The molecule has 0 spiro atoms. The molecule has 2 heterocycles. The normalized spacial score (nSPS) is 20.2. The van der Waals surface area contributed by atoms with Crippen LogP contribution < -0.4 is 0 Å². The lowest BCUT2D eigenvalue weighted by Gasteiger charge is -2.26. The topological polar surface area (TPSA) is 65.4 Å². The molecular weight excluding hydrogens is 336 g/mol. The van der Waals surface area contributed by atoms with Gasteiger partial charge in [0.25, 0.3) is 0 Å². The van der Waals surface area contributed by atoms with Crippen LogP contribution in [0.1, 0.15) is 44.0 Å². The third kappa shape index (κ3) is 2.93. The molecular formula is C23H26N2O2. The average Bonchev–Trinajstić information content (AvgIpc) is 2.99. The molecule has 2 aromatic rings. The van der Waals surface area contributed by atoms with Gasteiger partial charge in [-0.15, -0.1) is 0 Å². The Balaban J connectivity index is 1.72. The number of hydrogen-bond donors (Lipinski definition) is 2. The number of nitrogens with zero attached hydrogens (tertiary/aromatic N) is 1. The fourth-order valence-corrected chi connectivity index (χ4v) is 4.22. The highest BCUT2D eigenvalue weighted by Gasteiger charge is 2.33. The van der Waals surface area contributed by atoms with Crippen molar-refractivity contribution < 1.29 is 9.90 Å². The fourth-order valence-electron chi connectivity index (χ4n) is 4.22. The molecule has 0 fully saturated rings. The number of carbonyl (C=O) groups excluding carboxylic acids is 1. The van der Waals surface area contributed by atoms with E-state index < -0.39 is 0 Å². The molecule has 27 heavy (non-hydrogen) atoms. The smallest absolute Gasteiger partial charge is 0.166 e. The van der Waals surface area contributed by atoms with E-state index >= 15 is 0 Å². The van der Waals surface area contributed by atoms with Crippen molar-refractivity contribution >= 4 is 22.4 Å². The second-order valence-electron chi connectivity index (χ2n) is 8.05. The molecule has 1 aliphatic carbocycles. The first-order chi connectivity index (χ1) is 12.9. The maximum Gasteiger partial charge on any atom is 0.166 e. The van der Waals surface area contributed by atoms with E-state index in [9.17, 15) is 9.90 Å². The van der Waals surface area contributed by atoms with Crippen molar-refractivity contribution in [3.63, 3.8) is 0 Å². The molecule has 1 aromatic heterocycles. The van der Waals surface area contributed by atoms with Gasteiger partial charge in [0.15, 0.2) is 5.78 Å². The Morgan fingerprint density at radius 3 is 2.81 bits per heavy atom. The molecule has 4 rings (SSSR count). The van der Waals surface area contributed by atoms with Gasteiger partial charge in [-0.2, -0.15) is 0 Å². The summed E-state index contributed by atoms with van der Waals surface area (Å²) in [5, 5.41) is 11.6. The zero-order valence-corrected chi connectivity index (χ0v) is 16.4. The molecule has 0 radical (unpaired) electrons. The Kier molecular flexibility index (Phi) is 4.29. The monoisotopic (exact) mass is 362 g/mol. The molecule has 0 bridgehead atoms. The number of hydrogen-bond acceptors (Lipinski definition) is 3. The molecule has 1 aliphatic heterocycles. The minimum absolute atomic E-state index is 0.0927. The molecule has 0 saturated carbocycles. The number of ketones is 1. The van der Waals surface area contributed by atoms with Crippen molar-refractivity contribution in [3.05, 3.63) is 58.0 Å². The third-order valence-electron chi connectivity index (χ3n) is 5.85. The Labute approximate surface area is 159 Å². The molecule has 1 aromatic carbocycles. The minimum Gasteiger partial charge on any atom is -0.508 e. The lowest BCUT2D eigenvalue weighted by atomic mass is 9.78. The van der Waals surface area contributed by atoms with E-state index in [2.05, 4.69) is 30.1 Å². The first-order valence-corrected chi connectivity index (χ1v) is 9.67. The van der Waals surface area contributed by atoms with E-state index in [0.29, 0.717) is 12.0 Å². The summed E-state index contributed by atoms with van der Waals surface area (Å²) in [7, 11) is 0. The summed E-state index contributed by atoms with van der Waals surface area (Å²) in [6, 6.07) is 6.47. The fraction of sp³-hybridized carbons (Fsp3) is 0.391. The number of rotatable bonds is 3. The van der Waals surface area contributed by atoms with Crippen molar-refractivity contribution in [2.75, 3.05) is 6.54 Å². The van der Waals surface area contributed by atoms with Crippen LogP contribution >= 0.6 is 0 Å². The van der Waals surface area contributed by atoms with Crippen LogP contribution in [-0.2, 0) is 11.2 Å². The Morgan fingerprint density at radius 2 is 2.07 bits per heavy atom. The van der Waals surface area contributed by atoms with Crippen molar-refractivity contribution in [2.45, 2.75) is 40.5 Å². The van der Waals surface area contributed by atoms with Crippen LogP contribution in [0.3, 0.4) is 0 Å². The number of aliphatic imine (C=N–C) groups is 1. The number of fused-ring (bicyclic) bond motifs is 3. The zero-order chi connectivity index (χ0) is 19.3. The Morgan fingerprint density at radius 1 is 1.30 bits per heavy atom. The van der Waals surface area contributed by atoms with E-state index in [1.807, 2.05) is 20.8 Å². The summed E-state index contributed by atoms with van der Waals surface area (Å²) in [4.78, 5) is 21.3. The van der Waals surface area contributed by atoms with Crippen LogP contribution in [0.15, 0.2) is 46.2 Å². The molecule has 0 saturated heterocycles. The zero-order valence-electron chi connectivity index (χ0n) is 16.4. The predicted molar refractivity (Wildman–Crippen MR) is 110 cm³/mol. The van der Waals surface area contributed by atoms with Crippen LogP contribution in [0.2, 0.25) is 0 Å². The van der Waals surface area contributed by atoms with Crippen LogP contribution in [0.4, 0.5) is 0 Å². The molecule has 2 N–H and O–H groups in total. The maximum atomic E-state index is 13.0. The number of Topliss-reactive ketones (excluding diaryl/α,β-unsaturated/α-hetero) is 1. The summed E-state index contributed by atoms with van der Waals surface area (Å²) < 4.78 is 0. The number of nitrogens with one attached hydrogen (secondary N) is 1. The summed E-state index contributed by atoms with van der Waals surface area (Å²) in [6.07, 6.45) is 3.08. The molecule has 0 amide bonds. The SMILES string of the molecule is CC1=C(O)C=C(C(C)C)C(=O)C1CC1=NCCc2c1[nH]c1cc(C)ccc21. The second kappa shape index (κ2) is 6.52. The third-order valence-corrected chi connectivity index (χ3v) is 5.85. The van der Waals surface area contributed by atoms with Gasteiger partial charge in [-0.3, -0.25) is 9.79 Å². The quantitative estimate of drug-likeness (QED) is 0.822. The lowest BCUT2D eigenvalue weighted by Crippen LogP contribution is -2.28. The summed E-state index contributed by atoms with van der Waals surface area (Å²) in [5.74, 6) is 0.0923. The van der Waals surface area contributed by atoms with Gasteiger partial charge >= 0.3 is 0 Å². The standard InChI is InChI=1S/C23H26N2O2/c1-12(2)17-11-21(26)14(4)18(23(17)27)10-20-22-16(7-8-24-20)15-6-5-13(3)9-19(15)25-22/h5-6,9,11-12,18,25-26H,7-8,10H2,1-4H3. The van der Waals surface area contributed by atoms with Crippen molar-refractivity contribution in [1.29, 1.82) is 0 Å². The van der Waals surface area contributed by atoms with Crippen LogP contribution in [-0.4, -0.2) is 28.1 Å². The molecule has 140 valence electrons. The molecule has 2 aliphatic rings. The lowest BCUT2D eigenvalue weighted by molar-refractivity contribution is -0.118.